The molecule has 1 fully saturated rings. The predicted molar refractivity (Wildman–Crippen MR) is 76.1 cm³/mol. The number of hydrogen-bond acceptors (Lipinski definition) is 3. The van der Waals surface area contributed by atoms with Gasteiger partial charge in [-0.05, 0) is 38.0 Å². The van der Waals surface area contributed by atoms with Gasteiger partial charge in [-0.3, -0.25) is 4.68 Å². The minimum absolute atomic E-state index is 0.807. The second-order valence-corrected chi connectivity index (χ2v) is 6.46. The molecule has 2 aromatic rings. The van der Waals surface area contributed by atoms with Gasteiger partial charge in [-0.25, -0.2) is 0 Å². The third-order valence-electron chi connectivity index (χ3n) is 4.89. The van der Waals surface area contributed by atoms with Crippen molar-refractivity contribution in [2.24, 2.45) is 18.9 Å². The Morgan fingerprint density at radius 1 is 1.20 bits per heavy atom. The average molecular weight is 271 g/mol. The Morgan fingerprint density at radius 2 is 2.05 bits per heavy atom. The van der Waals surface area contributed by atoms with E-state index in [0.717, 1.165) is 41.9 Å². The van der Waals surface area contributed by atoms with Crippen molar-refractivity contribution < 1.29 is 0 Å². The first-order valence-electron chi connectivity index (χ1n) is 7.63. The molecule has 0 saturated heterocycles. The number of aryl methyl sites for hydroxylation is 2. The molecular formula is C15H21N5. The Hall–Kier alpha value is -1.65. The Bertz CT molecular complexity index is 639. The third kappa shape index (κ3) is 1.87. The van der Waals surface area contributed by atoms with Crippen LogP contribution in [0.3, 0.4) is 0 Å². The zero-order valence-electron chi connectivity index (χ0n) is 12.2. The van der Waals surface area contributed by atoms with Crippen molar-refractivity contribution in [1.29, 1.82) is 0 Å². The van der Waals surface area contributed by atoms with E-state index in [4.69, 9.17) is 0 Å². The van der Waals surface area contributed by atoms with Crippen LogP contribution in [0.1, 0.15) is 37.2 Å². The minimum atomic E-state index is 0.807. The lowest BCUT2D eigenvalue weighted by Crippen LogP contribution is -2.17. The number of rotatable bonds is 1. The summed E-state index contributed by atoms with van der Waals surface area (Å²) >= 11 is 0. The van der Waals surface area contributed by atoms with Gasteiger partial charge in [0.05, 0.1) is 11.3 Å². The SMILES string of the molecule is Cc1nn(C)cc1-c1nnc2n1CC1CCCC(C2)C1. The average Bonchev–Trinajstić information content (AvgIpc) is 2.91. The highest BCUT2D eigenvalue weighted by Crippen LogP contribution is 2.36. The summed E-state index contributed by atoms with van der Waals surface area (Å²) in [6.45, 7) is 3.13. The van der Waals surface area contributed by atoms with E-state index in [1.807, 2.05) is 18.7 Å². The number of hydrogen-bond donors (Lipinski definition) is 0. The van der Waals surface area contributed by atoms with Crippen LogP contribution in [0.25, 0.3) is 11.4 Å². The number of fused-ring (bicyclic) bond motifs is 3. The molecule has 2 aromatic heterocycles. The highest BCUT2D eigenvalue weighted by molar-refractivity contribution is 5.57. The molecule has 1 saturated carbocycles. The first-order chi connectivity index (χ1) is 9.70. The lowest BCUT2D eigenvalue weighted by Gasteiger charge is -2.25. The van der Waals surface area contributed by atoms with Gasteiger partial charge in [-0.2, -0.15) is 5.10 Å². The van der Waals surface area contributed by atoms with E-state index in [9.17, 15) is 0 Å². The summed E-state index contributed by atoms with van der Waals surface area (Å²) in [6, 6.07) is 0. The molecule has 106 valence electrons. The summed E-state index contributed by atoms with van der Waals surface area (Å²) in [7, 11) is 1.96. The summed E-state index contributed by atoms with van der Waals surface area (Å²) in [5, 5.41) is 13.4. The van der Waals surface area contributed by atoms with Gasteiger partial charge in [0.2, 0.25) is 0 Å². The molecule has 0 amide bonds. The monoisotopic (exact) mass is 271 g/mol. The molecule has 0 radical (unpaired) electrons. The molecule has 0 aromatic carbocycles. The van der Waals surface area contributed by atoms with E-state index in [1.54, 1.807) is 0 Å². The second kappa shape index (κ2) is 4.43. The van der Waals surface area contributed by atoms with Crippen molar-refractivity contribution in [3.8, 4) is 11.4 Å². The maximum Gasteiger partial charge on any atom is 0.167 e. The van der Waals surface area contributed by atoms with Gasteiger partial charge in [0, 0.05) is 26.2 Å². The van der Waals surface area contributed by atoms with E-state index < -0.39 is 0 Å². The van der Waals surface area contributed by atoms with Gasteiger partial charge >= 0.3 is 0 Å². The molecule has 1 aliphatic heterocycles. The largest absolute Gasteiger partial charge is 0.311 e. The molecule has 2 atom stereocenters. The Kier molecular flexibility index (Phi) is 2.69. The summed E-state index contributed by atoms with van der Waals surface area (Å²) in [6.07, 6.45) is 8.64. The summed E-state index contributed by atoms with van der Waals surface area (Å²) in [5.74, 6) is 3.82. The lowest BCUT2D eigenvalue weighted by atomic mass is 9.81. The molecule has 2 unspecified atom stereocenters. The molecule has 4 rings (SSSR count). The van der Waals surface area contributed by atoms with Crippen molar-refractivity contribution in [1.82, 2.24) is 24.5 Å². The smallest absolute Gasteiger partial charge is 0.167 e. The standard InChI is InChI=1S/C15H21N5/c1-10-13(9-19(2)18-10)15-17-16-14-7-11-4-3-5-12(6-11)8-20(14)15/h9,11-12H,3-8H2,1-2H3. The molecule has 2 aliphatic rings. The van der Waals surface area contributed by atoms with Crippen LogP contribution < -0.4 is 0 Å². The van der Waals surface area contributed by atoms with E-state index in [-0.39, 0.29) is 0 Å². The Labute approximate surface area is 119 Å². The first-order valence-corrected chi connectivity index (χ1v) is 7.63. The maximum absolute atomic E-state index is 4.48. The molecule has 0 spiro atoms. The quantitative estimate of drug-likeness (QED) is 0.800. The minimum Gasteiger partial charge on any atom is -0.311 e. The fourth-order valence-corrected chi connectivity index (χ4v) is 3.97. The van der Waals surface area contributed by atoms with Gasteiger partial charge in [-0.15, -0.1) is 10.2 Å². The van der Waals surface area contributed by atoms with Crippen molar-refractivity contribution in [2.75, 3.05) is 0 Å². The molecule has 5 nitrogen and oxygen atoms in total. The Balaban J connectivity index is 1.79. The van der Waals surface area contributed by atoms with Gasteiger partial charge in [0.15, 0.2) is 5.82 Å². The van der Waals surface area contributed by atoms with Crippen molar-refractivity contribution in [3.63, 3.8) is 0 Å². The maximum atomic E-state index is 4.48. The van der Waals surface area contributed by atoms with Crippen molar-refractivity contribution in [3.05, 3.63) is 17.7 Å². The first kappa shape index (κ1) is 12.1. The summed E-state index contributed by atoms with van der Waals surface area (Å²) in [5.41, 5.74) is 2.16. The third-order valence-corrected chi connectivity index (χ3v) is 4.89. The molecule has 0 N–H and O–H groups in total. The Morgan fingerprint density at radius 3 is 2.85 bits per heavy atom. The predicted octanol–water partition coefficient (Wildman–Crippen LogP) is 2.35. The summed E-state index contributed by atoms with van der Waals surface area (Å²) < 4.78 is 4.22. The molecule has 1 aliphatic carbocycles. The zero-order chi connectivity index (χ0) is 13.7. The van der Waals surface area contributed by atoms with Crippen LogP contribution in [0.2, 0.25) is 0 Å². The van der Waals surface area contributed by atoms with Gasteiger partial charge < -0.3 is 4.57 Å². The van der Waals surface area contributed by atoms with Crippen molar-refractivity contribution >= 4 is 0 Å². The van der Waals surface area contributed by atoms with E-state index in [2.05, 4.69) is 26.1 Å². The van der Waals surface area contributed by atoms with E-state index in [0.29, 0.717) is 0 Å². The van der Waals surface area contributed by atoms with Crippen LogP contribution in [-0.2, 0) is 20.0 Å². The summed E-state index contributed by atoms with van der Waals surface area (Å²) in [4.78, 5) is 0. The second-order valence-electron chi connectivity index (χ2n) is 6.46. The van der Waals surface area contributed by atoms with Crippen molar-refractivity contribution in [2.45, 2.75) is 45.6 Å². The molecule has 20 heavy (non-hydrogen) atoms. The van der Waals surface area contributed by atoms with E-state index in [1.165, 1.54) is 31.5 Å². The van der Waals surface area contributed by atoms with Crippen LogP contribution in [0.5, 0.6) is 0 Å². The zero-order valence-corrected chi connectivity index (χ0v) is 12.2. The van der Waals surface area contributed by atoms with Gasteiger partial charge in [0.1, 0.15) is 5.82 Å². The van der Waals surface area contributed by atoms with Crippen LogP contribution in [0.4, 0.5) is 0 Å². The molecule has 2 bridgehead atoms. The van der Waals surface area contributed by atoms with Gasteiger partial charge in [-0.1, -0.05) is 6.42 Å². The van der Waals surface area contributed by atoms with Crippen LogP contribution in [0.15, 0.2) is 6.20 Å². The molecule has 5 heteroatoms. The topological polar surface area (TPSA) is 48.5 Å². The van der Waals surface area contributed by atoms with Crippen LogP contribution in [-0.4, -0.2) is 24.5 Å². The van der Waals surface area contributed by atoms with Crippen LogP contribution in [0, 0.1) is 18.8 Å². The molecular weight excluding hydrogens is 250 g/mol. The lowest BCUT2D eigenvalue weighted by molar-refractivity contribution is 0.262. The fourth-order valence-electron chi connectivity index (χ4n) is 3.97. The van der Waals surface area contributed by atoms with Crippen LogP contribution >= 0.6 is 0 Å². The number of aromatic nitrogens is 5. The van der Waals surface area contributed by atoms with Gasteiger partial charge in [0.25, 0.3) is 0 Å². The molecule has 3 heterocycles. The fraction of sp³-hybridized carbons (Fsp3) is 0.667. The number of nitrogens with zero attached hydrogens (tertiary/aromatic N) is 5. The normalized spacial score (nSPS) is 25.3. The van der Waals surface area contributed by atoms with E-state index >= 15 is 0 Å². The highest BCUT2D eigenvalue weighted by Gasteiger charge is 2.30. The highest BCUT2D eigenvalue weighted by atomic mass is 15.3.